The van der Waals surface area contributed by atoms with Gasteiger partial charge in [-0.25, -0.2) is 10.1 Å². The maximum absolute atomic E-state index is 12.8. The Labute approximate surface area is 167 Å². The second-order valence-electron chi connectivity index (χ2n) is 6.69. The van der Waals surface area contributed by atoms with Crippen LogP contribution in [0.15, 0.2) is 76.6 Å². The van der Waals surface area contributed by atoms with Crippen molar-refractivity contribution in [3.63, 3.8) is 0 Å². The average Bonchev–Trinajstić information content (AvgIpc) is 2.76. The van der Waals surface area contributed by atoms with E-state index in [0.29, 0.717) is 17.3 Å². The van der Waals surface area contributed by atoms with Crippen LogP contribution in [-0.4, -0.2) is 21.9 Å². The SMILES string of the molecule is CCCn1nc(C(=O)N/N=C/c2cccc3ccccc23)c2ccccc2c1=O. The molecule has 144 valence electrons. The Morgan fingerprint density at radius 3 is 2.48 bits per heavy atom. The second kappa shape index (κ2) is 8.06. The molecule has 0 aliphatic carbocycles. The smallest absolute Gasteiger partial charge is 0.267 e. The van der Waals surface area contributed by atoms with E-state index < -0.39 is 5.91 Å². The summed E-state index contributed by atoms with van der Waals surface area (Å²) in [6, 6.07) is 20.9. The first-order valence-electron chi connectivity index (χ1n) is 9.50. The molecular weight excluding hydrogens is 364 g/mol. The molecule has 0 fully saturated rings. The molecule has 4 rings (SSSR count). The third-order valence-electron chi connectivity index (χ3n) is 4.71. The van der Waals surface area contributed by atoms with E-state index in [-0.39, 0.29) is 11.3 Å². The first kappa shape index (κ1) is 18.6. The summed E-state index contributed by atoms with van der Waals surface area (Å²) in [5.41, 5.74) is 3.43. The molecule has 0 saturated carbocycles. The van der Waals surface area contributed by atoms with Gasteiger partial charge in [0.15, 0.2) is 5.69 Å². The number of fused-ring (bicyclic) bond motifs is 2. The fraction of sp³-hybridized carbons (Fsp3) is 0.130. The van der Waals surface area contributed by atoms with Crippen molar-refractivity contribution in [1.29, 1.82) is 0 Å². The third kappa shape index (κ3) is 3.65. The molecule has 0 bridgehead atoms. The zero-order valence-corrected chi connectivity index (χ0v) is 16.0. The normalized spacial score (nSPS) is 11.3. The van der Waals surface area contributed by atoms with Gasteiger partial charge in [0.1, 0.15) is 0 Å². The zero-order valence-electron chi connectivity index (χ0n) is 16.0. The molecule has 0 atom stereocenters. The molecule has 3 aromatic carbocycles. The van der Waals surface area contributed by atoms with Crippen LogP contribution >= 0.6 is 0 Å². The summed E-state index contributed by atoms with van der Waals surface area (Å²) in [7, 11) is 0. The first-order valence-corrected chi connectivity index (χ1v) is 9.50. The summed E-state index contributed by atoms with van der Waals surface area (Å²) < 4.78 is 1.34. The molecule has 1 aromatic heterocycles. The number of nitrogens with one attached hydrogen (secondary N) is 1. The van der Waals surface area contributed by atoms with Crippen molar-refractivity contribution >= 4 is 33.7 Å². The van der Waals surface area contributed by atoms with E-state index >= 15 is 0 Å². The lowest BCUT2D eigenvalue weighted by Crippen LogP contribution is -2.29. The molecule has 0 radical (unpaired) electrons. The number of carbonyl (C=O) groups excluding carboxylic acids is 1. The van der Waals surface area contributed by atoms with E-state index in [1.165, 1.54) is 4.68 Å². The Bertz CT molecular complexity index is 1290. The van der Waals surface area contributed by atoms with Crippen molar-refractivity contribution in [3.8, 4) is 0 Å². The standard InChI is InChI=1S/C23H20N4O2/c1-2-14-27-23(29)20-13-6-5-12-19(20)21(26-27)22(28)25-24-15-17-10-7-9-16-8-3-4-11-18(16)17/h3-13,15H,2,14H2,1H3,(H,25,28)/b24-15+. The van der Waals surface area contributed by atoms with Gasteiger partial charge in [0.2, 0.25) is 0 Å². The van der Waals surface area contributed by atoms with Gasteiger partial charge in [-0.2, -0.15) is 10.2 Å². The highest BCUT2D eigenvalue weighted by molar-refractivity contribution is 6.05. The molecule has 1 amide bonds. The van der Waals surface area contributed by atoms with Gasteiger partial charge in [-0.15, -0.1) is 0 Å². The van der Waals surface area contributed by atoms with E-state index in [0.717, 1.165) is 22.8 Å². The lowest BCUT2D eigenvalue weighted by atomic mass is 10.1. The molecule has 0 aliphatic heterocycles. The number of aromatic nitrogens is 2. The van der Waals surface area contributed by atoms with E-state index in [9.17, 15) is 9.59 Å². The van der Waals surface area contributed by atoms with Gasteiger partial charge in [-0.3, -0.25) is 9.59 Å². The minimum atomic E-state index is -0.456. The van der Waals surface area contributed by atoms with Crippen molar-refractivity contribution in [2.24, 2.45) is 5.10 Å². The molecule has 1 heterocycles. The molecule has 0 unspecified atom stereocenters. The maximum atomic E-state index is 12.8. The summed E-state index contributed by atoms with van der Waals surface area (Å²) in [5.74, 6) is -0.456. The van der Waals surface area contributed by atoms with Gasteiger partial charge in [0, 0.05) is 17.5 Å². The van der Waals surface area contributed by atoms with E-state index in [4.69, 9.17) is 0 Å². The van der Waals surface area contributed by atoms with Gasteiger partial charge in [-0.1, -0.05) is 67.6 Å². The van der Waals surface area contributed by atoms with E-state index in [2.05, 4.69) is 15.6 Å². The molecule has 0 saturated heterocycles. The highest BCUT2D eigenvalue weighted by atomic mass is 16.2. The largest absolute Gasteiger partial charge is 0.292 e. The lowest BCUT2D eigenvalue weighted by molar-refractivity contribution is 0.0949. The minimum Gasteiger partial charge on any atom is -0.267 e. The Hall–Kier alpha value is -3.80. The summed E-state index contributed by atoms with van der Waals surface area (Å²) in [4.78, 5) is 25.3. The van der Waals surface area contributed by atoms with E-state index in [1.54, 1.807) is 30.5 Å². The van der Waals surface area contributed by atoms with Crippen molar-refractivity contribution in [2.75, 3.05) is 0 Å². The van der Waals surface area contributed by atoms with Crippen LogP contribution in [-0.2, 0) is 6.54 Å². The number of nitrogens with zero attached hydrogens (tertiary/aromatic N) is 3. The van der Waals surface area contributed by atoms with Crippen LogP contribution in [0.4, 0.5) is 0 Å². The molecule has 4 aromatic rings. The molecule has 0 aliphatic rings. The number of hydrazone groups is 1. The van der Waals surface area contributed by atoms with Gasteiger partial charge < -0.3 is 0 Å². The summed E-state index contributed by atoms with van der Waals surface area (Å²) in [5, 5.41) is 11.5. The van der Waals surface area contributed by atoms with E-state index in [1.807, 2.05) is 49.4 Å². The number of hydrogen-bond donors (Lipinski definition) is 1. The number of rotatable bonds is 5. The molecule has 0 spiro atoms. The number of amides is 1. The average molecular weight is 384 g/mol. The molecule has 6 heteroatoms. The van der Waals surface area contributed by atoms with Gasteiger partial charge in [0.05, 0.1) is 11.6 Å². The lowest BCUT2D eigenvalue weighted by Gasteiger charge is -2.09. The predicted molar refractivity (Wildman–Crippen MR) is 115 cm³/mol. The van der Waals surface area contributed by atoms with Crippen LogP contribution in [0.3, 0.4) is 0 Å². The maximum Gasteiger partial charge on any atom is 0.292 e. The minimum absolute atomic E-state index is 0.184. The molecule has 29 heavy (non-hydrogen) atoms. The summed E-state index contributed by atoms with van der Waals surface area (Å²) in [6.45, 7) is 2.40. The molecule has 6 nitrogen and oxygen atoms in total. The predicted octanol–water partition coefficient (Wildman–Crippen LogP) is 3.72. The fourth-order valence-corrected chi connectivity index (χ4v) is 3.34. The van der Waals surface area contributed by atoms with Crippen LogP contribution in [0.1, 0.15) is 29.4 Å². The summed E-state index contributed by atoms with van der Waals surface area (Å²) >= 11 is 0. The van der Waals surface area contributed by atoms with Crippen LogP contribution in [0, 0.1) is 0 Å². The van der Waals surface area contributed by atoms with Crippen molar-refractivity contribution in [1.82, 2.24) is 15.2 Å². The summed E-state index contributed by atoms with van der Waals surface area (Å²) in [6.07, 6.45) is 2.36. The highest BCUT2D eigenvalue weighted by Crippen LogP contribution is 2.17. The number of benzene rings is 3. The van der Waals surface area contributed by atoms with Crippen molar-refractivity contribution in [3.05, 3.63) is 88.3 Å². The van der Waals surface area contributed by atoms with Crippen molar-refractivity contribution < 1.29 is 4.79 Å². The number of hydrogen-bond acceptors (Lipinski definition) is 4. The van der Waals surface area contributed by atoms with Gasteiger partial charge in [0.25, 0.3) is 11.5 Å². The molecule has 1 N–H and O–H groups in total. The number of aryl methyl sites for hydroxylation is 1. The Kier molecular flexibility index (Phi) is 5.16. The topological polar surface area (TPSA) is 76.3 Å². The zero-order chi connectivity index (χ0) is 20.2. The first-order chi connectivity index (χ1) is 14.2. The van der Waals surface area contributed by atoms with Crippen LogP contribution in [0.5, 0.6) is 0 Å². The van der Waals surface area contributed by atoms with Crippen molar-refractivity contribution in [2.45, 2.75) is 19.9 Å². The fourth-order valence-electron chi connectivity index (χ4n) is 3.34. The van der Waals surface area contributed by atoms with Gasteiger partial charge in [-0.05, 0) is 23.3 Å². The third-order valence-corrected chi connectivity index (χ3v) is 4.71. The second-order valence-corrected chi connectivity index (χ2v) is 6.69. The monoisotopic (exact) mass is 384 g/mol. The Morgan fingerprint density at radius 2 is 1.69 bits per heavy atom. The number of carbonyl (C=O) groups is 1. The van der Waals surface area contributed by atoms with Crippen LogP contribution in [0.25, 0.3) is 21.5 Å². The quantitative estimate of drug-likeness (QED) is 0.421. The molecular formula is C23H20N4O2. The van der Waals surface area contributed by atoms with Gasteiger partial charge >= 0.3 is 0 Å². The highest BCUT2D eigenvalue weighted by Gasteiger charge is 2.16. The Balaban J connectivity index is 1.66. The van der Waals surface area contributed by atoms with Crippen LogP contribution in [0.2, 0.25) is 0 Å². The Morgan fingerprint density at radius 1 is 1.00 bits per heavy atom. The van der Waals surface area contributed by atoms with Crippen LogP contribution < -0.4 is 11.0 Å².